The summed E-state index contributed by atoms with van der Waals surface area (Å²) in [5.41, 5.74) is 2.15. The van der Waals surface area contributed by atoms with Crippen LogP contribution in [0.3, 0.4) is 0 Å². The lowest BCUT2D eigenvalue weighted by Gasteiger charge is -2.08. The topological polar surface area (TPSA) is 71.1 Å². The summed E-state index contributed by atoms with van der Waals surface area (Å²) in [7, 11) is 0. The smallest absolute Gasteiger partial charge is 0.261 e. The monoisotopic (exact) mass is 349 g/mol. The molecule has 0 aromatic carbocycles. The lowest BCUT2D eigenvalue weighted by Crippen LogP contribution is -2.36. The fourth-order valence-electron chi connectivity index (χ4n) is 2.59. The molecular weight excluding hydrogens is 330 g/mol. The van der Waals surface area contributed by atoms with Crippen molar-refractivity contribution < 1.29 is 9.59 Å². The number of hydrogen-bond donors (Lipinski definition) is 2. The highest BCUT2D eigenvalue weighted by molar-refractivity contribution is 7.14. The van der Waals surface area contributed by atoms with Crippen LogP contribution >= 0.6 is 22.7 Å². The van der Waals surface area contributed by atoms with Crippen LogP contribution in [0.25, 0.3) is 0 Å². The minimum Gasteiger partial charge on any atom is -0.349 e. The van der Waals surface area contributed by atoms with Crippen molar-refractivity contribution in [2.45, 2.75) is 39.2 Å². The molecule has 2 amide bonds. The molecule has 1 aliphatic rings. The first-order valence-corrected chi connectivity index (χ1v) is 9.39. The van der Waals surface area contributed by atoms with Gasteiger partial charge in [-0.1, -0.05) is 0 Å². The number of aromatic nitrogens is 1. The molecule has 2 aromatic rings. The molecule has 0 radical (unpaired) electrons. The van der Waals surface area contributed by atoms with Gasteiger partial charge in [-0.3, -0.25) is 9.59 Å². The minimum absolute atomic E-state index is 0.00941. The number of fused-ring (bicyclic) bond motifs is 1. The van der Waals surface area contributed by atoms with Gasteiger partial charge in [-0.25, -0.2) is 4.98 Å². The van der Waals surface area contributed by atoms with Gasteiger partial charge in [0.05, 0.1) is 28.7 Å². The molecule has 5 nitrogen and oxygen atoms in total. The van der Waals surface area contributed by atoms with E-state index < -0.39 is 0 Å². The summed E-state index contributed by atoms with van der Waals surface area (Å²) in [5.74, 6) is -0.366. The van der Waals surface area contributed by atoms with Crippen molar-refractivity contribution in [1.29, 1.82) is 0 Å². The number of thiazole rings is 1. The Labute approximate surface area is 143 Å². The van der Waals surface area contributed by atoms with Crippen LogP contribution in [0.15, 0.2) is 11.4 Å². The van der Waals surface area contributed by atoms with Crippen molar-refractivity contribution in [2.75, 3.05) is 6.54 Å². The lowest BCUT2D eigenvalue weighted by molar-refractivity contribution is -0.120. The van der Waals surface area contributed by atoms with Gasteiger partial charge in [0.25, 0.3) is 5.91 Å². The fraction of sp³-hybridized carbons (Fsp3) is 0.438. The van der Waals surface area contributed by atoms with E-state index in [0.29, 0.717) is 11.4 Å². The minimum atomic E-state index is -0.203. The molecule has 0 unspecified atom stereocenters. The van der Waals surface area contributed by atoms with Gasteiger partial charge in [0.2, 0.25) is 5.91 Å². The third kappa shape index (κ3) is 4.17. The predicted octanol–water partition coefficient (Wildman–Crippen LogP) is 2.44. The van der Waals surface area contributed by atoms with Gasteiger partial charge in [-0.15, -0.1) is 22.7 Å². The van der Waals surface area contributed by atoms with Crippen LogP contribution in [0.1, 0.15) is 43.7 Å². The average Bonchev–Trinajstić information content (AvgIpc) is 3.16. The number of nitrogens with one attached hydrogen (secondary N) is 2. The third-order valence-electron chi connectivity index (χ3n) is 3.76. The van der Waals surface area contributed by atoms with Crippen molar-refractivity contribution in [3.8, 4) is 0 Å². The van der Waals surface area contributed by atoms with Gasteiger partial charge in [-0.2, -0.15) is 0 Å². The molecule has 0 fully saturated rings. The molecule has 2 heterocycles. The Bertz CT molecular complexity index is 697. The van der Waals surface area contributed by atoms with Gasteiger partial charge >= 0.3 is 0 Å². The molecule has 0 saturated heterocycles. The summed E-state index contributed by atoms with van der Waals surface area (Å²) in [4.78, 5) is 30.3. The van der Waals surface area contributed by atoms with Crippen molar-refractivity contribution >= 4 is 34.5 Å². The van der Waals surface area contributed by atoms with Crippen LogP contribution in [0.5, 0.6) is 0 Å². The number of carbonyl (C=O) groups excluding carboxylic acids is 2. The van der Waals surface area contributed by atoms with Crippen molar-refractivity contribution in [2.24, 2.45) is 0 Å². The van der Waals surface area contributed by atoms with Gasteiger partial charge in [0.1, 0.15) is 0 Å². The van der Waals surface area contributed by atoms with E-state index in [-0.39, 0.29) is 18.4 Å². The summed E-state index contributed by atoms with van der Waals surface area (Å²) in [6.45, 7) is 2.31. The first-order chi connectivity index (χ1) is 11.1. The highest BCUT2D eigenvalue weighted by Crippen LogP contribution is 2.29. The zero-order valence-electron chi connectivity index (χ0n) is 13.0. The molecule has 2 aromatic heterocycles. The van der Waals surface area contributed by atoms with Crippen LogP contribution in [0, 0.1) is 6.92 Å². The standard InChI is InChI=1S/C16H19N3O2S2/c1-10-19-12(9-22-10)7-17-15(20)8-18-16(21)14-6-11-4-2-3-5-13(11)23-14/h6,9H,2-5,7-8H2,1H3,(H,17,20)(H,18,21). The summed E-state index contributed by atoms with van der Waals surface area (Å²) in [6.07, 6.45) is 4.53. The maximum Gasteiger partial charge on any atom is 0.261 e. The quantitative estimate of drug-likeness (QED) is 0.871. The second-order valence-electron chi connectivity index (χ2n) is 5.58. The number of carbonyl (C=O) groups is 2. The molecule has 1 aliphatic carbocycles. The number of nitrogens with zero attached hydrogens (tertiary/aromatic N) is 1. The molecule has 7 heteroatoms. The Morgan fingerprint density at radius 2 is 2.09 bits per heavy atom. The van der Waals surface area contributed by atoms with E-state index in [0.717, 1.165) is 23.5 Å². The SMILES string of the molecule is Cc1nc(CNC(=O)CNC(=O)c2cc3c(s2)CCCC3)cs1. The van der Waals surface area contributed by atoms with Crippen LogP contribution in [0.4, 0.5) is 0 Å². The molecule has 3 rings (SSSR count). The second-order valence-corrected chi connectivity index (χ2v) is 7.78. The molecular formula is C16H19N3O2S2. The third-order valence-corrected chi connectivity index (χ3v) is 5.82. The van der Waals surface area contributed by atoms with Crippen molar-refractivity contribution in [3.63, 3.8) is 0 Å². The second kappa shape index (κ2) is 7.23. The molecule has 122 valence electrons. The van der Waals surface area contributed by atoms with Crippen LogP contribution in [-0.4, -0.2) is 23.3 Å². The highest BCUT2D eigenvalue weighted by atomic mass is 32.1. The van der Waals surface area contributed by atoms with Crippen LogP contribution in [-0.2, 0) is 24.2 Å². The van der Waals surface area contributed by atoms with E-state index in [4.69, 9.17) is 0 Å². The fourth-order valence-corrected chi connectivity index (χ4v) is 4.37. The maximum atomic E-state index is 12.2. The average molecular weight is 349 g/mol. The van der Waals surface area contributed by atoms with Crippen molar-refractivity contribution in [1.82, 2.24) is 15.6 Å². The predicted molar refractivity (Wildman–Crippen MR) is 92.0 cm³/mol. The number of rotatable bonds is 5. The maximum absolute atomic E-state index is 12.2. The summed E-state index contributed by atoms with van der Waals surface area (Å²) < 4.78 is 0. The summed E-state index contributed by atoms with van der Waals surface area (Å²) in [5, 5.41) is 8.35. The number of amides is 2. The zero-order valence-corrected chi connectivity index (χ0v) is 14.6. The summed E-state index contributed by atoms with van der Waals surface area (Å²) in [6, 6.07) is 1.98. The number of hydrogen-bond acceptors (Lipinski definition) is 5. The molecule has 0 atom stereocenters. The molecule has 0 spiro atoms. The van der Waals surface area contributed by atoms with Gasteiger partial charge < -0.3 is 10.6 Å². The Balaban J connectivity index is 1.46. The molecule has 23 heavy (non-hydrogen) atoms. The number of thiophene rings is 1. The van der Waals surface area contributed by atoms with Crippen LogP contribution in [0.2, 0.25) is 0 Å². The van der Waals surface area contributed by atoms with E-state index in [1.165, 1.54) is 23.3 Å². The van der Waals surface area contributed by atoms with E-state index in [1.54, 1.807) is 22.7 Å². The first-order valence-electron chi connectivity index (χ1n) is 7.69. The van der Waals surface area contributed by atoms with Crippen LogP contribution < -0.4 is 10.6 Å². The molecule has 0 saturated carbocycles. The van der Waals surface area contributed by atoms with E-state index in [1.807, 2.05) is 18.4 Å². The Kier molecular flexibility index (Phi) is 5.07. The Hall–Kier alpha value is -1.73. The first kappa shape index (κ1) is 16.1. The van der Waals surface area contributed by atoms with E-state index in [9.17, 15) is 9.59 Å². The summed E-state index contributed by atoms with van der Waals surface area (Å²) >= 11 is 3.11. The largest absolute Gasteiger partial charge is 0.349 e. The van der Waals surface area contributed by atoms with E-state index in [2.05, 4.69) is 15.6 Å². The molecule has 2 N–H and O–H groups in total. The normalized spacial score (nSPS) is 13.4. The van der Waals surface area contributed by atoms with Gasteiger partial charge in [0, 0.05) is 10.3 Å². The lowest BCUT2D eigenvalue weighted by atomic mass is 9.99. The highest BCUT2D eigenvalue weighted by Gasteiger charge is 2.17. The van der Waals surface area contributed by atoms with Gasteiger partial charge in [0.15, 0.2) is 0 Å². The Morgan fingerprint density at radius 3 is 2.83 bits per heavy atom. The molecule has 0 aliphatic heterocycles. The van der Waals surface area contributed by atoms with Gasteiger partial charge in [-0.05, 0) is 44.2 Å². The zero-order chi connectivity index (χ0) is 16.2. The van der Waals surface area contributed by atoms with Crippen molar-refractivity contribution in [3.05, 3.63) is 37.5 Å². The number of aryl methyl sites for hydroxylation is 3. The molecule has 0 bridgehead atoms. The Morgan fingerprint density at radius 1 is 1.26 bits per heavy atom. The van der Waals surface area contributed by atoms with E-state index >= 15 is 0 Å².